The van der Waals surface area contributed by atoms with Crippen molar-refractivity contribution in [3.8, 4) is 0 Å². The van der Waals surface area contributed by atoms with Gasteiger partial charge in [0.05, 0.1) is 10.6 Å². The van der Waals surface area contributed by atoms with Gasteiger partial charge in [-0.15, -0.1) is 0 Å². The molecule has 8 heteroatoms. The third kappa shape index (κ3) is 4.28. The van der Waals surface area contributed by atoms with E-state index in [0.29, 0.717) is 33.4 Å². The number of halogens is 2. The minimum absolute atomic E-state index is 0.248. The zero-order chi connectivity index (χ0) is 22.3. The number of carbonyl (C=O) groups excluding carboxylic acids is 1. The second-order valence-electron chi connectivity index (χ2n) is 7.62. The van der Waals surface area contributed by atoms with Crippen LogP contribution in [0, 0.1) is 6.92 Å². The fourth-order valence-electron chi connectivity index (χ4n) is 3.76. The van der Waals surface area contributed by atoms with Gasteiger partial charge in [-0.05, 0) is 74.4 Å². The number of rotatable bonds is 4. The van der Waals surface area contributed by atoms with Crippen LogP contribution in [0.1, 0.15) is 28.4 Å². The molecule has 0 saturated carbocycles. The van der Waals surface area contributed by atoms with Crippen LogP contribution in [0.4, 0.5) is 11.4 Å². The van der Waals surface area contributed by atoms with E-state index in [0.717, 1.165) is 11.1 Å². The Hall–Kier alpha value is -2.54. The molecule has 0 saturated heterocycles. The summed E-state index contributed by atoms with van der Waals surface area (Å²) in [5.74, 6) is -0.325. The van der Waals surface area contributed by atoms with Gasteiger partial charge in [0.15, 0.2) is 0 Å². The highest BCUT2D eigenvalue weighted by molar-refractivity contribution is 7.92. The van der Waals surface area contributed by atoms with Crippen LogP contribution >= 0.6 is 23.2 Å². The molecule has 5 nitrogen and oxygen atoms in total. The van der Waals surface area contributed by atoms with Crippen LogP contribution < -0.4 is 9.62 Å². The Morgan fingerprint density at radius 3 is 2.29 bits per heavy atom. The molecule has 0 unspecified atom stereocenters. The first-order chi connectivity index (χ1) is 14.6. The fourth-order valence-corrected chi connectivity index (χ4v) is 5.98. The van der Waals surface area contributed by atoms with Crippen molar-refractivity contribution in [2.24, 2.45) is 0 Å². The average molecular weight is 475 g/mol. The Morgan fingerprint density at radius 1 is 1.00 bits per heavy atom. The molecule has 0 aromatic heterocycles. The van der Waals surface area contributed by atoms with Gasteiger partial charge in [0, 0.05) is 27.3 Å². The third-order valence-electron chi connectivity index (χ3n) is 5.19. The van der Waals surface area contributed by atoms with Gasteiger partial charge in [-0.1, -0.05) is 40.9 Å². The van der Waals surface area contributed by atoms with Crippen molar-refractivity contribution in [2.75, 3.05) is 9.62 Å². The second kappa shape index (κ2) is 8.19. The topological polar surface area (TPSA) is 66.5 Å². The number of nitrogens with zero attached hydrogens (tertiary/aromatic N) is 1. The van der Waals surface area contributed by atoms with E-state index in [4.69, 9.17) is 23.2 Å². The molecule has 3 aromatic carbocycles. The van der Waals surface area contributed by atoms with E-state index in [1.807, 2.05) is 13.8 Å². The van der Waals surface area contributed by atoms with E-state index >= 15 is 0 Å². The fraction of sp³-hybridized carbons (Fsp3) is 0.174. The summed E-state index contributed by atoms with van der Waals surface area (Å²) in [4.78, 5) is 13.0. The molecule has 1 heterocycles. The Kier molecular flexibility index (Phi) is 5.73. The van der Waals surface area contributed by atoms with E-state index in [1.54, 1.807) is 60.7 Å². The maximum Gasteiger partial charge on any atom is 0.264 e. The quantitative estimate of drug-likeness (QED) is 0.527. The normalized spacial score (nSPS) is 15.6. The molecule has 1 amide bonds. The summed E-state index contributed by atoms with van der Waals surface area (Å²) in [5, 5.41) is 3.61. The van der Waals surface area contributed by atoms with E-state index in [9.17, 15) is 13.2 Å². The SMILES string of the molecule is Cc1ccc(S(=O)(=O)N2c3ccc(C(=O)Nc4cc(Cl)cc(Cl)c4)cc3C[C@H]2C)cc1. The predicted molar refractivity (Wildman–Crippen MR) is 125 cm³/mol. The van der Waals surface area contributed by atoms with Gasteiger partial charge in [0.2, 0.25) is 0 Å². The van der Waals surface area contributed by atoms with E-state index in [-0.39, 0.29) is 16.8 Å². The molecule has 3 aromatic rings. The predicted octanol–water partition coefficient (Wildman–Crippen LogP) is 5.69. The van der Waals surface area contributed by atoms with Crippen LogP contribution in [0.2, 0.25) is 10.0 Å². The highest BCUT2D eigenvalue weighted by atomic mass is 35.5. The third-order valence-corrected chi connectivity index (χ3v) is 7.57. The Labute approximate surface area is 191 Å². The Bertz CT molecular complexity index is 1250. The molecule has 1 N–H and O–H groups in total. The van der Waals surface area contributed by atoms with Crippen molar-refractivity contribution in [1.82, 2.24) is 0 Å². The molecule has 1 aliphatic rings. The molecular formula is C23H20Cl2N2O3S. The molecular weight excluding hydrogens is 455 g/mol. The van der Waals surface area contributed by atoms with Crippen molar-refractivity contribution in [2.45, 2.75) is 31.2 Å². The molecule has 0 bridgehead atoms. The molecule has 4 rings (SSSR count). The summed E-state index contributed by atoms with van der Waals surface area (Å²) in [6.45, 7) is 3.77. The van der Waals surface area contributed by atoms with Crippen LogP contribution in [0.15, 0.2) is 65.6 Å². The maximum atomic E-state index is 13.3. The monoisotopic (exact) mass is 474 g/mol. The van der Waals surface area contributed by atoms with Crippen LogP contribution in [-0.4, -0.2) is 20.4 Å². The lowest BCUT2D eigenvalue weighted by Crippen LogP contribution is -2.35. The van der Waals surface area contributed by atoms with Crippen molar-refractivity contribution < 1.29 is 13.2 Å². The molecule has 0 radical (unpaired) electrons. The lowest BCUT2D eigenvalue weighted by molar-refractivity contribution is 0.102. The minimum atomic E-state index is -3.71. The van der Waals surface area contributed by atoms with Gasteiger partial charge in [-0.3, -0.25) is 9.10 Å². The van der Waals surface area contributed by atoms with E-state index in [1.165, 1.54) is 4.31 Å². The summed E-state index contributed by atoms with van der Waals surface area (Å²) in [7, 11) is -3.71. The standard InChI is InChI=1S/C23H20Cl2N2O3S/c1-14-3-6-21(7-4-14)31(29,30)27-15(2)9-17-10-16(5-8-22(17)27)23(28)26-20-12-18(24)11-19(25)13-20/h3-8,10-13,15H,9H2,1-2H3,(H,26,28)/t15-/m1/s1. The number of carbonyl (C=O) groups is 1. The van der Waals surface area contributed by atoms with Gasteiger partial charge in [-0.25, -0.2) is 8.42 Å². The first-order valence-electron chi connectivity index (χ1n) is 9.66. The zero-order valence-electron chi connectivity index (χ0n) is 16.9. The van der Waals surface area contributed by atoms with E-state index in [2.05, 4.69) is 5.32 Å². The van der Waals surface area contributed by atoms with Gasteiger partial charge in [-0.2, -0.15) is 0 Å². The zero-order valence-corrected chi connectivity index (χ0v) is 19.2. The number of anilines is 2. The van der Waals surface area contributed by atoms with Crippen LogP contribution in [-0.2, 0) is 16.4 Å². The molecule has 0 aliphatic carbocycles. The van der Waals surface area contributed by atoms with Crippen molar-refractivity contribution in [1.29, 1.82) is 0 Å². The number of fused-ring (bicyclic) bond motifs is 1. The summed E-state index contributed by atoms with van der Waals surface area (Å²) in [6.07, 6.45) is 0.518. The van der Waals surface area contributed by atoms with Gasteiger partial charge >= 0.3 is 0 Å². The first-order valence-corrected chi connectivity index (χ1v) is 11.9. The molecule has 1 atom stereocenters. The maximum absolute atomic E-state index is 13.3. The van der Waals surface area contributed by atoms with Crippen molar-refractivity contribution in [3.05, 3.63) is 87.4 Å². The summed E-state index contributed by atoms with van der Waals surface area (Å²) >= 11 is 12.0. The molecule has 0 fully saturated rings. The Morgan fingerprint density at radius 2 is 1.65 bits per heavy atom. The van der Waals surface area contributed by atoms with Crippen LogP contribution in [0.25, 0.3) is 0 Å². The number of hydrogen-bond donors (Lipinski definition) is 1. The lowest BCUT2D eigenvalue weighted by Gasteiger charge is -2.24. The van der Waals surface area contributed by atoms with Gasteiger partial charge in [0.25, 0.3) is 15.9 Å². The molecule has 0 spiro atoms. The summed E-state index contributed by atoms with van der Waals surface area (Å²) in [5.41, 5.74) is 3.30. The minimum Gasteiger partial charge on any atom is -0.322 e. The average Bonchev–Trinajstić information content (AvgIpc) is 3.03. The van der Waals surface area contributed by atoms with Gasteiger partial charge < -0.3 is 5.32 Å². The largest absolute Gasteiger partial charge is 0.322 e. The highest BCUT2D eigenvalue weighted by Crippen LogP contribution is 2.37. The first kappa shape index (κ1) is 21.7. The van der Waals surface area contributed by atoms with Gasteiger partial charge in [0.1, 0.15) is 0 Å². The van der Waals surface area contributed by atoms with E-state index < -0.39 is 10.0 Å². The Balaban J connectivity index is 1.63. The summed E-state index contributed by atoms with van der Waals surface area (Å²) < 4.78 is 28.0. The van der Waals surface area contributed by atoms with Crippen LogP contribution in [0.3, 0.4) is 0 Å². The number of benzene rings is 3. The molecule has 160 valence electrons. The van der Waals surface area contributed by atoms with Crippen molar-refractivity contribution >= 4 is 50.5 Å². The number of hydrogen-bond acceptors (Lipinski definition) is 3. The molecule has 1 aliphatic heterocycles. The lowest BCUT2D eigenvalue weighted by atomic mass is 10.1. The number of aryl methyl sites for hydroxylation is 1. The second-order valence-corrected chi connectivity index (χ2v) is 10.3. The van der Waals surface area contributed by atoms with Crippen LogP contribution in [0.5, 0.6) is 0 Å². The highest BCUT2D eigenvalue weighted by Gasteiger charge is 2.36. The number of amides is 1. The number of sulfonamides is 1. The summed E-state index contributed by atoms with van der Waals surface area (Å²) in [6, 6.07) is 16.4. The molecule has 31 heavy (non-hydrogen) atoms. The number of nitrogens with one attached hydrogen (secondary N) is 1. The smallest absolute Gasteiger partial charge is 0.264 e. The van der Waals surface area contributed by atoms with Crippen molar-refractivity contribution in [3.63, 3.8) is 0 Å².